The van der Waals surface area contributed by atoms with E-state index in [2.05, 4.69) is 44.3 Å². The molecule has 2 nitrogen and oxygen atoms in total. The Bertz CT molecular complexity index is 562. The summed E-state index contributed by atoms with van der Waals surface area (Å²) < 4.78 is 5.57. The quantitative estimate of drug-likeness (QED) is 0.824. The molecule has 0 spiro atoms. The van der Waals surface area contributed by atoms with Crippen LogP contribution in [-0.2, 0) is 6.42 Å². The zero-order valence-corrected chi connectivity index (χ0v) is 13.1. The molecule has 20 heavy (non-hydrogen) atoms. The van der Waals surface area contributed by atoms with Gasteiger partial charge in [-0.1, -0.05) is 25.1 Å². The van der Waals surface area contributed by atoms with E-state index in [9.17, 15) is 0 Å². The normalized spacial score (nSPS) is 12.6. The lowest BCUT2D eigenvalue weighted by molar-refractivity contribution is 0.411. The Balaban J connectivity index is 2.16. The second-order valence-electron chi connectivity index (χ2n) is 5.27. The lowest BCUT2D eigenvalue weighted by Gasteiger charge is -2.17. The third-order valence-corrected chi connectivity index (χ3v) is 3.79. The van der Waals surface area contributed by atoms with E-state index in [-0.39, 0.29) is 6.04 Å². The predicted octanol–water partition coefficient (Wildman–Crippen LogP) is 4.83. The van der Waals surface area contributed by atoms with E-state index in [0.717, 1.165) is 25.1 Å². The summed E-state index contributed by atoms with van der Waals surface area (Å²) in [5.41, 5.74) is 3.97. The molecule has 1 atom stereocenters. The zero-order valence-electron chi connectivity index (χ0n) is 12.4. The standard InChI is InChI=1S/C17H22ClNO/c1-4-9-19-15(16-7-8-17(18)20-16)11-14-6-5-12(2)13(3)10-14/h5-8,10,15,19H,4,9,11H2,1-3H3. The Morgan fingerprint density at radius 2 is 1.95 bits per heavy atom. The van der Waals surface area contributed by atoms with Crippen LogP contribution >= 0.6 is 11.6 Å². The molecule has 0 radical (unpaired) electrons. The molecule has 1 aromatic carbocycles. The van der Waals surface area contributed by atoms with Crippen molar-refractivity contribution in [2.45, 2.75) is 39.7 Å². The van der Waals surface area contributed by atoms with Crippen LogP contribution in [0.25, 0.3) is 0 Å². The molecule has 0 bridgehead atoms. The second kappa shape index (κ2) is 6.96. The number of nitrogens with one attached hydrogen (secondary N) is 1. The van der Waals surface area contributed by atoms with Gasteiger partial charge in [0.1, 0.15) is 5.76 Å². The van der Waals surface area contributed by atoms with E-state index in [1.807, 2.05) is 6.07 Å². The van der Waals surface area contributed by atoms with Gasteiger partial charge in [-0.3, -0.25) is 0 Å². The van der Waals surface area contributed by atoms with E-state index in [1.54, 1.807) is 6.07 Å². The Hall–Kier alpha value is -1.25. The highest BCUT2D eigenvalue weighted by molar-refractivity contribution is 6.28. The van der Waals surface area contributed by atoms with Crippen molar-refractivity contribution in [3.8, 4) is 0 Å². The molecule has 1 heterocycles. The molecule has 0 saturated carbocycles. The maximum absolute atomic E-state index is 5.89. The van der Waals surface area contributed by atoms with E-state index < -0.39 is 0 Å². The summed E-state index contributed by atoms with van der Waals surface area (Å²) in [6.07, 6.45) is 2.00. The Morgan fingerprint density at radius 1 is 1.15 bits per heavy atom. The van der Waals surface area contributed by atoms with Crippen LogP contribution in [0, 0.1) is 13.8 Å². The number of rotatable bonds is 6. The van der Waals surface area contributed by atoms with Crippen molar-refractivity contribution < 1.29 is 4.42 Å². The number of benzene rings is 1. The number of halogens is 1. The average molecular weight is 292 g/mol. The topological polar surface area (TPSA) is 25.2 Å². The fourth-order valence-electron chi connectivity index (χ4n) is 2.27. The first-order chi connectivity index (χ1) is 9.60. The van der Waals surface area contributed by atoms with Crippen molar-refractivity contribution in [2.24, 2.45) is 0 Å². The SMILES string of the molecule is CCCNC(Cc1ccc(C)c(C)c1)c1ccc(Cl)o1. The average Bonchev–Trinajstić information content (AvgIpc) is 2.85. The van der Waals surface area contributed by atoms with Crippen molar-refractivity contribution in [2.75, 3.05) is 6.54 Å². The molecule has 1 N–H and O–H groups in total. The van der Waals surface area contributed by atoms with Gasteiger partial charge in [0, 0.05) is 0 Å². The highest BCUT2D eigenvalue weighted by atomic mass is 35.5. The van der Waals surface area contributed by atoms with Gasteiger partial charge in [-0.05, 0) is 73.7 Å². The number of hydrogen-bond donors (Lipinski definition) is 1. The first kappa shape index (κ1) is 15.1. The first-order valence-electron chi connectivity index (χ1n) is 7.15. The second-order valence-corrected chi connectivity index (χ2v) is 5.64. The molecular weight excluding hydrogens is 270 g/mol. The van der Waals surface area contributed by atoms with Gasteiger partial charge in [-0.2, -0.15) is 0 Å². The molecule has 0 saturated heterocycles. The number of hydrogen-bond acceptors (Lipinski definition) is 2. The van der Waals surface area contributed by atoms with Crippen LogP contribution in [0.3, 0.4) is 0 Å². The summed E-state index contributed by atoms with van der Waals surface area (Å²) in [7, 11) is 0. The number of furan rings is 1. The summed E-state index contributed by atoms with van der Waals surface area (Å²) in [6.45, 7) is 7.42. The third kappa shape index (κ3) is 3.87. The van der Waals surface area contributed by atoms with Crippen molar-refractivity contribution in [3.63, 3.8) is 0 Å². The van der Waals surface area contributed by atoms with Crippen LogP contribution in [0.5, 0.6) is 0 Å². The van der Waals surface area contributed by atoms with Crippen LogP contribution < -0.4 is 5.32 Å². The Kier molecular flexibility index (Phi) is 5.27. The predicted molar refractivity (Wildman–Crippen MR) is 84.4 cm³/mol. The highest BCUT2D eigenvalue weighted by Gasteiger charge is 2.15. The summed E-state index contributed by atoms with van der Waals surface area (Å²) in [4.78, 5) is 0. The van der Waals surface area contributed by atoms with Crippen LogP contribution in [0.1, 0.15) is 41.8 Å². The first-order valence-corrected chi connectivity index (χ1v) is 7.52. The van der Waals surface area contributed by atoms with E-state index in [4.69, 9.17) is 16.0 Å². The van der Waals surface area contributed by atoms with Crippen molar-refractivity contribution in [1.82, 2.24) is 5.32 Å². The molecule has 2 aromatic rings. The van der Waals surface area contributed by atoms with Gasteiger partial charge in [-0.15, -0.1) is 0 Å². The molecule has 0 aliphatic heterocycles. The van der Waals surface area contributed by atoms with Crippen molar-refractivity contribution in [1.29, 1.82) is 0 Å². The minimum Gasteiger partial charge on any atom is -0.448 e. The maximum Gasteiger partial charge on any atom is 0.193 e. The molecule has 0 aliphatic carbocycles. The molecule has 1 aromatic heterocycles. The van der Waals surface area contributed by atoms with Gasteiger partial charge >= 0.3 is 0 Å². The minimum absolute atomic E-state index is 0.171. The lowest BCUT2D eigenvalue weighted by atomic mass is 9.99. The van der Waals surface area contributed by atoms with Crippen LogP contribution in [0.4, 0.5) is 0 Å². The lowest BCUT2D eigenvalue weighted by Crippen LogP contribution is -2.23. The molecule has 0 aliphatic rings. The van der Waals surface area contributed by atoms with Gasteiger partial charge in [0.05, 0.1) is 6.04 Å². The summed E-state index contributed by atoms with van der Waals surface area (Å²) in [5.74, 6) is 0.904. The molecular formula is C17H22ClNO. The Morgan fingerprint density at radius 3 is 2.55 bits per heavy atom. The Labute approximate surface area is 126 Å². The molecule has 1 unspecified atom stereocenters. The van der Waals surface area contributed by atoms with Crippen LogP contribution in [-0.4, -0.2) is 6.54 Å². The molecule has 108 valence electrons. The minimum atomic E-state index is 0.171. The van der Waals surface area contributed by atoms with Gasteiger partial charge in [-0.25, -0.2) is 0 Å². The molecule has 3 heteroatoms. The van der Waals surface area contributed by atoms with E-state index >= 15 is 0 Å². The van der Waals surface area contributed by atoms with Gasteiger partial charge in [0.25, 0.3) is 0 Å². The van der Waals surface area contributed by atoms with Gasteiger partial charge < -0.3 is 9.73 Å². The summed E-state index contributed by atoms with van der Waals surface area (Å²) in [5, 5.41) is 3.98. The smallest absolute Gasteiger partial charge is 0.193 e. The van der Waals surface area contributed by atoms with Crippen LogP contribution in [0.15, 0.2) is 34.7 Å². The third-order valence-electron chi connectivity index (χ3n) is 3.59. The summed E-state index contributed by atoms with van der Waals surface area (Å²) in [6, 6.07) is 10.5. The highest BCUT2D eigenvalue weighted by Crippen LogP contribution is 2.24. The molecule has 0 amide bonds. The van der Waals surface area contributed by atoms with E-state index in [1.165, 1.54) is 16.7 Å². The molecule has 2 rings (SSSR count). The molecule has 0 fully saturated rings. The van der Waals surface area contributed by atoms with Gasteiger partial charge in [0.15, 0.2) is 5.22 Å². The fourth-order valence-corrected chi connectivity index (χ4v) is 2.43. The fraction of sp³-hybridized carbons (Fsp3) is 0.412. The van der Waals surface area contributed by atoms with Crippen molar-refractivity contribution in [3.05, 3.63) is 58.0 Å². The number of aryl methyl sites for hydroxylation is 2. The maximum atomic E-state index is 5.89. The van der Waals surface area contributed by atoms with E-state index in [0.29, 0.717) is 5.22 Å². The largest absolute Gasteiger partial charge is 0.448 e. The van der Waals surface area contributed by atoms with Gasteiger partial charge in [0.2, 0.25) is 0 Å². The summed E-state index contributed by atoms with van der Waals surface area (Å²) >= 11 is 5.89. The zero-order chi connectivity index (χ0) is 14.5. The van der Waals surface area contributed by atoms with Crippen molar-refractivity contribution >= 4 is 11.6 Å². The monoisotopic (exact) mass is 291 g/mol. The van der Waals surface area contributed by atoms with Crippen LogP contribution in [0.2, 0.25) is 5.22 Å².